The Morgan fingerprint density at radius 2 is 1.64 bits per heavy atom. The maximum Gasteiger partial charge on any atom is 0.314 e. The van der Waals surface area contributed by atoms with Crippen molar-refractivity contribution in [1.29, 1.82) is 0 Å². The molecular weight excluding hydrogens is 622 g/mol. The molecule has 1 unspecified atom stereocenters. The van der Waals surface area contributed by atoms with Crippen LogP contribution < -0.4 is 15.6 Å². The predicted octanol–water partition coefficient (Wildman–Crippen LogP) is 5.41. The number of aromatic nitrogens is 1. The predicted molar refractivity (Wildman–Crippen MR) is 180 cm³/mol. The highest BCUT2D eigenvalue weighted by Gasteiger charge is 2.44. The van der Waals surface area contributed by atoms with Crippen molar-refractivity contribution in [3.05, 3.63) is 105 Å². The van der Waals surface area contributed by atoms with Gasteiger partial charge in [0.15, 0.2) is 0 Å². The molecule has 1 aliphatic rings. The van der Waals surface area contributed by atoms with Crippen LogP contribution in [0.25, 0.3) is 10.9 Å². The first-order valence-electron chi connectivity index (χ1n) is 15.9. The number of piperidine rings is 1. The minimum absolute atomic E-state index is 0.0335. The highest BCUT2D eigenvalue weighted by molar-refractivity contribution is 6.30. The highest BCUT2D eigenvalue weighted by Crippen LogP contribution is 2.37. The number of carbonyl (C=O) groups excluding carboxylic acids is 1. The average molecular weight is 662 g/mol. The van der Waals surface area contributed by atoms with Gasteiger partial charge in [0.1, 0.15) is 11.5 Å². The number of carboxylic acid groups (broad SMARTS) is 1. The van der Waals surface area contributed by atoms with Crippen molar-refractivity contribution in [2.24, 2.45) is 0 Å². The van der Waals surface area contributed by atoms with Gasteiger partial charge >= 0.3 is 5.97 Å². The molecule has 0 spiro atoms. The lowest BCUT2D eigenvalue weighted by atomic mass is 9.72. The van der Waals surface area contributed by atoms with E-state index in [2.05, 4.69) is 10.3 Å². The van der Waals surface area contributed by atoms with Crippen LogP contribution in [0, 0.1) is 0 Å². The third kappa shape index (κ3) is 8.13. The van der Waals surface area contributed by atoms with Crippen LogP contribution in [0.2, 0.25) is 5.02 Å². The van der Waals surface area contributed by atoms with Crippen LogP contribution in [0.3, 0.4) is 0 Å². The van der Waals surface area contributed by atoms with E-state index >= 15 is 0 Å². The SMILES string of the molecule is O=C(c1ccc(OCCCCCCNCC(O)c2ccc(O)c3[nH]c(=O)ccc23)cc1)N1CCC(C(=O)O)(c2ccc(Cl)cc2)CC1. The monoisotopic (exact) mass is 661 g/mol. The number of aliphatic hydroxyl groups is 1. The molecule has 10 nitrogen and oxygen atoms in total. The smallest absolute Gasteiger partial charge is 0.314 e. The molecule has 47 heavy (non-hydrogen) atoms. The summed E-state index contributed by atoms with van der Waals surface area (Å²) in [4.78, 5) is 41.3. The number of halogens is 1. The van der Waals surface area contributed by atoms with Gasteiger partial charge in [-0.1, -0.05) is 42.6 Å². The van der Waals surface area contributed by atoms with E-state index in [0.29, 0.717) is 77.4 Å². The molecule has 4 aromatic rings. The maximum absolute atomic E-state index is 13.1. The number of ether oxygens (including phenoxy) is 1. The summed E-state index contributed by atoms with van der Waals surface area (Å²) in [5.41, 5.74) is 0.853. The van der Waals surface area contributed by atoms with E-state index in [1.165, 1.54) is 12.1 Å². The van der Waals surface area contributed by atoms with Crippen molar-refractivity contribution in [2.45, 2.75) is 50.0 Å². The Bertz CT molecular complexity index is 1730. The minimum atomic E-state index is -1.03. The molecule has 0 bridgehead atoms. The van der Waals surface area contributed by atoms with Crippen molar-refractivity contribution in [3.8, 4) is 11.5 Å². The number of phenolic OH excluding ortho intramolecular Hbond substituents is 1. The Morgan fingerprint density at radius 3 is 2.34 bits per heavy atom. The van der Waals surface area contributed by atoms with Gasteiger partial charge in [-0.2, -0.15) is 0 Å². The summed E-state index contributed by atoms with van der Waals surface area (Å²) < 4.78 is 5.87. The fraction of sp³-hybridized carbons (Fsp3) is 0.361. The topological polar surface area (TPSA) is 152 Å². The molecule has 0 aliphatic carbocycles. The van der Waals surface area contributed by atoms with Gasteiger partial charge in [-0.3, -0.25) is 14.4 Å². The van der Waals surface area contributed by atoms with Gasteiger partial charge < -0.3 is 35.3 Å². The van der Waals surface area contributed by atoms with Crippen molar-refractivity contribution in [1.82, 2.24) is 15.2 Å². The fourth-order valence-corrected chi connectivity index (χ4v) is 6.28. The number of nitrogens with zero attached hydrogens (tertiary/aromatic N) is 1. The number of aliphatic carboxylic acids is 1. The molecule has 1 aromatic heterocycles. The lowest BCUT2D eigenvalue weighted by Gasteiger charge is -2.39. The lowest BCUT2D eigenvalue weighted by Crippen LogP contribution is -2.49. The Kier molecular flexibility index (Phi) is 11.2. The van der Waals surface area contributed by atoms with Crippen molar-refractivity contribution < 1.29 is 29.6 Å². The molecule has 5 N–H and O–H groups in total. The molecule has 1 saturated heterocycles. The summed E-state index contributed by atoms with van der Waals surface area (Å²) in [6, 6.07) is 20.1. The van der Waals surface area contributed by atoms with E-state index < -0.39 is 17.5 Å². The second-order valence-electron chi connectivity index (χ2n) is 12.0. The number of nitrogens with one attached hydrogen (secondary N) is 2. The number of hydrogen-bond acceptors (Lipinski definition) is 7. The molecule has 3 aromatic carbocycles. The number of rotatable bonds is 14. The first-order chi connectivity index (χ1) is 22.7. The zero-order valence-corrected chi connectivity index (χ0v) is 26.8. The number of aromatic hydroxyl groups is 1. The van der Waals surface area contributed by atoms with Gasteiger partial charge in [0.05, 0.1) is 23.6 Å². The van der Waals surface area contributed by atoms with Gasteiger partial charge in [0.2, 0.25) is 5.56 Å². The molecule has 248 valence electrons. The third-order valence-corrected chi connectivity index (χ3v) is 9.18. The van der Waals surface area contributed by atoms with Crippen LogP contribution in [0.4, 0.5) is 0 Å². The Labute approximate surface area is 278 Å². The molecule has 2 heterocycles. The van der Waals surface area contributed by atoms with Gasteiger partial charge in [0.25, 0.3) is 5.91 Å². The van der Waals surface area contributed by atoms with Crippen LogP contribution in [0.5, 0.6) is 11.5 Å². The standard InChI is InChI=1S/C36H40ClN3O7/c37-26-9-7-25(8-10-26)36(35(45)46)17-20-40(21-18-36)34(44)24-5-11-27(12-6-24)47-22-4-2-1-3-19-38-23-31(42)28-13-15-30(41)33-29(28)14-16-32(43)39-33/h5-16,31,38,41-42H,1-4,17-23H2,(H,39,43)(H,45,46). The van der Waals surface area contributed by atoms with Gasteiger partial charge in [0, 0.05) is 41.7 Å². The van der Waals surface area contributed by atoms with Crippen molar-refractivity contribution >= 4 is 34.4 Å². The van der Waals surface area contributed by atoms with Crippen molar-refractivity contribution in [3.63, 3.8) is 0 Å². The summed E-state index contributed by atoms with van der Waals surface area (Å²) in [7, 11) is 0. The number of fused-ring (bicyclic) bond motifs is 1. The largest absolute Gasteiger partial charge is 0.506 e. The molecule has 11 heteroatoms. The second kappa shape index (κ2) is 15.5. The molecule has 1 amide bonds. The Morgan fingerprint density at radius 1 is 0.936 bits per heavy atom. The fourth-order valence-electron chi connectivity index (χ4n) is 6.16. The molecule has 1 fully saturated rings. The van der Waals surface area contributed by atoms with E-state index in [1.54, 1.807) is 65.6 Å². The highest BCUT2D eigenvalue weighted by atomic mass is 35.5. The zero-order valence-electron chi connectivity index (χ0n) is 26.1. The summed E-state index contributed by atoms with van der Waals surface area (Å²) in [5.74, 6) is -0.356. The molecule has 5 rings (SSSR count). The quantitative estimate of drug-likeness (QED) is 0.113. The number of carboxylic acids is 1. The Hall–Kier alpha value is -4.38. The Balaban J connectivity index is 0.977. The second-order valence-corrected chi connectivity index (χ2v) is 12.4. The number of aliphatic hydroxyl groups excluding tert-OH is 1. The number of unbranched alkanes of at least 4 members (excludes halogenated alkanes) is 3. The number of amides is 1. The number of carbonyl (C=O) groups is 2. The first kappa shape index (κ1) is 34.0. The molecule has 1 atom stereocenters. The average Bonchev–Trinajstić information content (AvgIpc) is 3.08. The van der Waals surface area contributed by atoms with Gasteiger partial charge in [-0.05, 0) is 91.9 Å². The van der Waals surface area contributed by atoms with Crippen LogP contribution in [-0.2, 0) is 10.2 Å². The molecule has 1 aliphatic heterocycles. The first-order valence-corrected chi connectivity index (χ1v) is 16.3. The molecule has 0 radical (unpaired) electrons. The van der Waals surface area contributed by atoms with Crippen LogP contribution >= 0.6 is 11.6 Å². The summed E-state index contributed by atoms with van der Waals surface area (Å²) in [5, 5.41) is 35.2. The van der Waals surface area contributed by atoms with Gasteiger partial charge in [-0.15, -0.1) is 0 Å². The summed E-state index contributed by atoms with van der Waals surface area (Å²) in [6.45, 7) is 2.35. The molecular formula is C36H40ClN3O7. The number of likely N-dealkylation sites (tertiary alicyclic amines) is 1. The van der Waals surface area contributed by atoms with E-state index in [0.717, 1.165) is 32.2 Å². The zero-order chi connectivity index (χ0) is 33.4. The number of pyridine rings is 1. The van der Waals surface area contributed by atoms with E-state index in [1.807, 2.05) is 0 Å². The third-order valence-electron chi connectivity index (χ3n) is 8.93. The number of phenols is 1. The van der Waals surface area contributed by atoms with Crippen molar-refractivity contribution in [2.75, 3.05) is 32.8 Å². The summed E-state index contributed by atoms with van der Waals surface area (Å²) in [6.07, 6.45) is 3.69. The van der Waals surface area contributed by atoms with Crippen LogP contribution in [-0.4, -0.2) is 69.9 Å². The summed E-state index contributed by atoms with van der Waals surface area (Å²) >= 11 is 5.99. The van der Waals surface area contributed by atoms with Crippen LogP contribution in [0.1, 0.15) is 66.1 Å². The molecule has 0 saturated carbocycles. The number of hydrogen-bond donors (Lipinski definition) is 5. The minimum Gasteiger partial charge on any atom is -0.506 e. The normalized spacial score (nSPS) is 15.0. The number of benzene rings is 3. The van der Waals surface area contributed by atoms with E-state index in [4.69, 9.17) is 16.3 Å². The van der Waals surface area contributed by atoms with Crippen LogP contribution in [0.15, 0.2) is 77.6 Å². The lowest BCUT2D eigenvalue weighted by molar-refractivity contribution is -0.145. The number of H-pyrrole nitrogens is 1. The maximum atomic E-state index is 13.1. The van der Waals surface area contributed by atoms with E-state index in [9.17, 15) is 29.7 Å². The van der Waals surface area contributed by atoms with Gasteiger partial charge in [-0.25, -0.2) is 0 Å². The van der Waals surface area contributed by atoms with E-state index in [-0.39, 0.29) is 17.2 Å². The number of aromatic amines is 1.